The van der Waals surface area contributed by atoms with Crippen molar-refractivity contribution < 1.29 is 4.84 Å². The summed E-state index contributed by atoms with van der Waals surface area (Å²) in [7, 11) is 0. The third-order valence-electron chi connectivity index (χ3n) is 1.16. The van der Waals surface area contributed by atoms with E-state index in [1.165, 1.54) is 10.8 Å². The predicted octanol–water partition coefficient (Wildman–Crippen LogP) is 1.08. The smallest absolute Gasteiger partial charge is 0.282 e. The summed E-state index contributed by atoms with van der Waals surface area (Å²) in [6, 6.07) is 4.91. The molecule has 0 fully saturated rings. The second kappa shape index (κ2) is 3.01. The Morgan fingerprint density at radius 3 is 2.50 bits per heavy atom. The Bertz CT molecular complexity index is 309. The normalized spacial score (nSPS) is 11.2. The van der Waals surface area contributed by atoms with Crippen LogP contribution >= 0.6 is 0 Å². The Hall–Kier alpha value is -1.25. The number of hydrogen-bond acceptors (Lipinski definition) is 2. The molecule has 0 unspecified atom stereocenters. The van der Waals surface area contributed by atoms with Gasteiger partial charge in [0.15, 0.2) is 0 Å². The molecule has 0 N–H and O–H groups in total. The van der Waals surface area contributed by atoms with Crippen molar-refractivity contribution in [3.05, 3.63) is 34.7 Å². The van der Waals surface area contributed by atoms with Crippen molar-refractivity contribution in [1.29, 1.82) is 0 Å². The minimum atomic E-state index is -0.342. The van der Waals surface area contributed by atoms with E-state index in [0.29, 0.717) is 0 Å². The highest BCUT2D eigenvalue weighted by molar-refractivity contribution is 4.91. The summed E-state index contributed by atoms with van der Waals surface area (Å²) in [6.45, 7) is 5.69. The van der Waals surface area contributed by atoms with Gasteiger partial charge < -0.3 is 4.84 Å². The third kappa shape index (κ3) is 2.42. The zero-order valence-corrected chi connectivity index (χ0v) is 7.57. The fourth-order valence-corrected chi connectivity index (χ4v) is 0.783. The van der Waals surface area contributed by atoms with E-state index in [9.17, 15) is 4.79 Å². The van der Waals surface area contributed by atoms with Crippen LogP contribution in [0.5, 0.6) is 0 Å². The van der Waals surface area contributed by atoms with Crippen molar-refractivity contribution in [2.75, 3.05) is 0 Å². The van der Waals surface area contributed by atoms with E-state index in [4.69, 9.17) is 4.84 Å². The molecule has 1 aromatic rings. The molecule has 0 bridgehead atoms. The zero-order chi connectivity index (χ0) is 9.19. The maximum atomic E-state index is 11.1. The minimum Gasteiger partial charge on any atom is -0.405 e. The van der Waals surface area contributed by atoms with Crippen LogP contribution in [0.2, 0.25) is 0 Å². The molecule has 1 rings (SSSR count). The Morgan fingerprint density at radius 2 is 2.00 bits per heavy atom. The molecular weight excluding hydrogens is 154 g/mol. The molecule has 0 saturated heterocycles. The van der Waals surface area contributed by atoms with Crippen LogP contribution in [0, 0.1) is 0 Å². The van der Waals surface area contributed by atoms with Crippen LogP contribution in [0.3, 0.4) is 0 Å². The molecule has 0 atom stereocenters. The van der Waals surface area contributed by atoms with E-state index < -0.39 is 0 Å². The summed E-state index contributed by atoms with van der Waals surface area (Å²) in [5, 5.41) is 0. The van der Waals surface area contributed by atoms with Gasteiger partial charge in [-0.2, -0.15) is 4.73 Å². The molecule has 0 aromatic carbocycles. The molecular formula is C9H13NO2. The monoisotopic (exact) mass is 167 g/mol. The van der Waals surface area contributed by atoms with E-state index in [2.05, 4.69) is 0 Å². The lowest BCUT2D eigenvalue weighted by molar-refractivity contribution is -0.0205. The summed E-state index contributed by atoms with van der Waals surface area (Å²) in [5.74, 6) is 0. The summed E-state index contributed by atoms with van der Waals surface area (Å²) < 4.78 is 1.24. The number of rotatable bonds is 1. The van der Waals surface area contributed by atoms with Crippen molar-refractivity contribution in [3.63, 3.8) is 0 Å². The first-order chi connectivity index (χ1) is 5.49. The fraction of sp³-hybridized carbons (Fsp3) is 0.444. The van der Waals surface area contributed by atoms with Gasteiger partial charge in [-0.1, -0.05) is 6.07 Å². The highest BCUT2D eigenvalue weighted by Crippen LogP contribution is 2.00. The zero-order valence-electron chi connectivity index (χ0n) is 7.57. The van der Waals surface area contributed by atoms with Crippen LogP contribution in [0.1, 0.15) is 20.8 Å². The first-order valence-electron chi connectivity index (χ1n) is 3.86. The van der Waals surface area contributed by atoms with Crippen molar-refractivity contribution in [3.8, 4) is 0 Å². The molecule has 1 heterocycles. The van der Waals surface area contributed by atoms with Gasteiger partial charge in [-0.15, -0.1) is 0 Å². The molecule has 0 saturated carbocycles. The first kappa shape index (κ1) is 8.84. The molecule has 0 radical (unpaired) electrons. The number of hydrogen-bond donors (Lipinski definition) is 0. The van der Waals surface area contributed by atoms with E-state index in [-0.39, 0.29) is 11.2 Å². The molecule has 12 heavy (non-hydrogen) atoms. The lowest BCUT2D eigenvalue weighted by atomic mass is 10.2. The molecule has 0 aliphatic carbocycles. The molecule has 3 heteroatoms. The largest absolute Gasteiger partial charge is 0.405 e. The second-order valence-corrected chi connectivity index (χ2v) is 3.57. The first-order valence-corrected chi connectivity index (χ1v) is 3.86. The molecule has 3 nitrogen and oxygen atoms in total. The maximum Gasteiger partial charge on any atom is 0.282 e. The lowest BCUT2D eigenvalue weighted by Crippen LogP contribution is -2.37. The summed E-state index contributed by atoms with van der Waals surface area (Å²) in [6.07, 6.45) is 1.60. The van der Waals surface area contributed by atoms with Gasteiger partial charge in [0.1, 0.15) is 5.60 Å². The van der Waals surface area contributed by atoms with Crippen molar-refractivity contribution in [2.45, 2.75) is 26.4 Å². The SMILES string of the molecule is CC(C)(C)On1ccccc1=O. The number of pyridine rings is 1. The lowest BCUT2D eigenvalue weighted by Gasteiger charge is -2.20. The van der Waals surface area contributed by atoms with Gasteiger partial charge in [0, 0.05) is 12.3 Å². The second-order valence-electron chi connectivity index (χ2n) is 3.57. The van der Waals surface area contributed by atoms with Crippen molar-refractivity contribution in [2.24, 2.45) is 0 Å². The van der Waals surface area contributed by atoms with Crippen LogP contribution in [0.4, 0.5) is 0 Å². The quantitative estimate of drug-likeness (QED) is 0.626. The Labute approximate surface area is 71.5 Å². The average molecular weight is 167 g/mol. The van der Waals surface area contributed by atoms with Gasteiger partial charge >= 0.3 is 0 Å². The summed E-state index contributed by atoms with van der Waals surface area (Å²) in [5.41, 5.74) is -0.488. The van der Waals surface area contributed by atoms with Crippen molar-refractivity contribution >= 4 is 0 Å². The van der Waals surface area contributed by atoms with Gasteiger partial charge in [-0.05, 0) is 26.8 Å². The van der Waals surface area contributed by atoms with Crippen LogP contribution in [-0.2, 0) is 0 Å². The highest BCUT2D eigenvalue weighted by Gasteiger charge is 2.11. The van der Waals surface area contributed by atoms with Gasteiger partial charge in [0.2, 0.25) is 0 Å². The van der Waals surface area contributed by atoms with Gasteiger partial charge in [0.05, 0.1) is 0 Å². The summed E-state index contributed by atoms with van der Waals surface area (Å²) in [4.78, 5) is 16.5. The standard InChI is InChI=1S/C9H13NO2/c1-9(2,3)12-10-7-5-4-6-8(10)11/h4-7H,1-3H3. The fourth-order valence-electron chi connectivity index (χ4n) is 0.783. The van der Waals surface area contributed by atoms with Gasteiger partial charge in [-0.3, -0.25) is 4.79 Å². The molecule has 0 aliphatic heterocycles. The maximum absolute atomic E-state index is 11.1. The molecule has 1 aromatic heterocycles. The topological polar surface area (TPSA) is 31.2 Å². The molecule has 0 amide bonds. The predicted molar refractivity (Wildman–Crippen MR) is 47.0 cm³/mol. The van der Waals surface area contributed by atoms with Crippen LogP contribution in [0.15, 0.2) is 29.2 Å². The van der Waals surface area contributed by atoms with Crippen LogP contribution < -0.4 is 10.4 Å². The molecule has 0 spiro atoms. The summed E-state index contributed by atoms with van der Waals surface area (Å²) >= 11 is 0. The van der Waals surface area contributed by atoms with E-state index in [1.807, 2.05) is 20.8 Å². The van der Waals surface area contributed by atoms with Crippen molar-refractivity contribution in [1.82, 2.24) is 4.73 Å². The number of aromatic nitrogens is 1. The third-order valence-corrected chi connectivity index (χ3v) is 1.16. The molecule has 0 aliphatic rings. The number of nitrogens with zero attached hydrogens (tertiary/aromatic N) is 1. The van der Waals surface area contributed by atoms with Crippen LogP contribution in [-0.4, -0.2) is 10.3 Å². The Kier molecular flexibility index (Phi) is 2.22. The van der Waals surface area contributed by atoms with E-state index >= 15 is 0 Å². The van der Waals surface area contributed by atoms with E-state index in [0.717, 1.165) is 0 Å². The average Bonchev–Trinajstić information content (AvgIpc) is 1.91. The highest BCUT2D eigenvalue weighted by atomic mass is 16.7. The van der Waals surface area contributed by atoms with Gasteiger partial charge in [0.25, 0.3) is 5.56 Å². The Morgan fingerprint density at radius 1 is 1.33 bits per heavy atom. The Balaban J connectivity index is 2.91. The van der Waals surface area contributed by atoms with E-state index in [1.54, 1.807) is 18.3 Å². The minimum absolute atomic E-state index is 0.146. The molecule has 66 valence electrons. The van der Waals surface area contributed by atoms with Gasteiger partial charge in [-0.25, -0.2) is 0 Å². The van der Waals surface area contributed by atoms with Crippen LogP contribution in [0.25, 0.3) is 0 Å².